The zero-order valence-corrected chi connectivity index (χ0v) is 8.20. The predicted molar refractivity (Wildman–Crippen MR) is 48.5 cm³/mol. The molecule has 0 saturated carbocycles. The Morgan fingerprint density at radius 1 is 1.82 bits per heavy atom. The minimum absolute atomic E-state index is 0.404. The number of aliphatic carboxylic acids is 1. The van der Waals surface area contributed by atoms with Crippen molar-refractivity contribution in [3.05, 3.63) is 0 Å². The lowest BCUT2D eigenvalue weighted by molar-refractivity contribution is -0.136. The van der Waals surface area contributed by atoms with E-state index in [0.29, 0.717) is 12.2 Å². The van der Waals surface area contributed by atoms with Gasteiger partial charge in [0.05, 0.1) is 6.26 Å². The van der Waals surface area contributed by atoms with Gasteiger partial charge in [0, 0.05) is 6.42 Å². The van der Waals surface area contributed by atoms with E-state index in [9.17, 15) is 9.35 Å². The SMILES string of the molecule is CSC(CC[S+](C)[O-])C(=O)O. The van der Waals surface area contributed by atoms with Crippen LogP contribution in [-0.2, 0) is 16.0 Å². The van der Waals surface area contributed by atoms with Gasteiger partial charge >= 0.3 is 5.97 Å². The number of rotatable bonds is 5. The summed E-state index contributed by atoms with van der Waals surface area (Å²) in [6, 6.07) is 0. The van der Waals surface area contributed by atoms with Gasteiger partial charge in [-0.05, 0) is 6.26 Å². The minimum atomic E-state index is -0.881. The number of hydrogen-bond acceptors (Lipinski definition) is 3. The van der Waals surface area contributed by atoms with Crippen molar-refractivity contribution in [2.24, 2.45) is 0 Å². The van der Waals surface area contributed by atoms with Crippen LogP contribution < -0.4 is 0 Å². The van der Waals surface area contributed by atoms with Gasteiger partial charge in [-0.15, -0.1) is 0 Å². The number of thioether (sulfide) groups is 1. The lowest BCUT2D eigenvalue weighted by atomic mass is 10.3. The van der Waals surface area contributed by atoms with Gasteiger partial charge in [-0.1, -0.05) is 11.2 Å². The Morgan fingerprint density at radius 3 is 2.64 bits per heavy atom. The lowest BCUT2D eigenvalue weighted by Crippen LogP contribution is -2.19. The first-order valence-electron chi connectivity index (χ1n) is 3.13. The largest absolute Gasteiger partial charge is 0.617 e. The summed E-state index contributed by atoms with van der Waals surface area (Å²) in [4.78, 5) is 10.4. The van der Waals surface area contributed by atoms with Crippen LogP contribution in [0.2, 0.25) is 0 Å². The van der Waals surface area contributed by atoms with Crippen molar-refractivity contribution in [2.45, 2.75) is 11.7 Å². The smallest absolute Gasteiger partial charge is 0.316 e. The highest BCUT2D eigenvalue weighted by Crippen LogP contribution is 2.11. The summed E-state index contributed by atoms with van der Waals surface area (Å²) in [5.74, 6) is -0.347. The molecule has 0 saturated heterocycles. The summed E-state index contributed by atoms with van der Waals surface area (Å²) in [6.07, 6.45) is 3.82. The van der Waals surface area contributed by atoms with Crippen molar-refractivity contribution in [1.29, 1.82) is 0 Å². The van der Waals surface area contributed by atoms with E-state index in [4.69, 9.17) is 5.11 Å². The maximum atomic E-state index is 10.6. The van der Waals surface area contributed by atoms with E-state index in [-0.39, 0.29) is 0 Å². The third kappa shape index (κ3) is 5.41. The lowest BCUT2D eigenvalue weighted by Gasteiger charge is -2.09. The molecule has 0 aliphatic rings. The van der Waals surface area contributed by atoms with Crippen molar-refractivity contribution in [3.63, 3.8) is 0 Å². The van der Waals surface area contributed by atoms with Crippen LogP contribution >= 0.6 is 11.8 Å². The molecule has 2 atom stereocenters. The molecule has 0 bridgehead atoms. The monoisotopic (exact) mass is 196 g/mol. The first-order valence-corrected chi connectivity index (χ1v) is 6.15. The van der Waals surface area contributed by atoms with Gasteiger partial charge in [0.25, 0.3) is 0 Å². The molecule has 0 aromatic rings. The molecular weight excluding hydrogens is 184 g/mol. The van der Waals surface area contributed by atoms with Gasteiger partial charge in [0.2, 0.25) is 0 Å². The fourth-order valence-corrected chi connectivity index (χ4v) is 1.89. The fourth-order valence-electron chi connectivity index (χ4n) is 0.615. The molecule has 0 amide bonds. The average molecular weight is 196 g/mol. The Hall–Kier alpha value is 0.130. The van der Waals surface area contributed by atoms with Gasteiger partial charge in [-0.25, -0.2) is 0 Å². The van der Waals surface area contributed by atoms with E-state index < -0.39 is 22.4 Å². The Kier molecular flexibility index (Phi) is 5.81. The quantitative estimate of drug-likeness (QED) is 0.653. The second kappa shape index (κ2) is 5.74. The van der Waals surface area contributed by atoms with Crippen LogP contribution in [0, 0.1) is 0 Å². The van der Waals surface area contributed by atoms with E-state index in [1.807, 2.05) is 0 Å². The maximum absolute atomic E-state index is 10.6. The van der Waals surface area contributed by atoms with Crippen molar-refractivity contribution < 1.29 is 14.5 Å². The average Bonchev–Trinajstić information content (AvgIpc) is 1.87. The highest BCUT2D eigenvalue weighted by molar-refractivity contribution is 8.00. The van der Waals surface area contributed by atoms with Crippen LogP contribution in [0.15, 0.2) is 0 Å². The van der Waals surface area contributed by atoms with Gasteiger partial charge in [-0.2, -0.15) is 11.8 Å². The van der Waals surface area contributed by atoms with E-state index in [1.54, 1.807) is 12.5 Å². The summed E-state index contributed by atoms with van der Waals surface area (Å²) in [7, 11) is 0. The topological polar surface area (TPSA) is 60.4 Å². The molecular formula is C6H12O3S2. The zero-order valence-electron chi connectivity index (χ0n) is 6.57. The number of carboxylic acids is 1. The zero-order chi connectivity index (χ0) is 8.85. The van der Waals surface area contributed by atoms with Gasteiger partial charge < -0.3 is 9.66 Å². The number of hydrogen-bond donors (Lipinski definition) is 1. The summed E-state index contributed by atoms with van der Waals surface area (Å²) >= 11 is 0.405. The van der Waals surface area contributed by atoms with Crippen molar-refractivity contribution in [3.8, 4) is 0 Å². The van der Waals surface area contributed by atoms with Crippen LogP contribution in [0.25, 0.3) is 0 Å². The van der Waals surface area contributed by atoms with Crippen molar-refractivity contribution in [2.75, 3.05) is 18.3 Å². The molecule has 66 valence electrons. The van der Waals surface area contributed by atoms with E-state index in [0.717, 1.165) is 0 Å². The molecule has 0 aliphatic heterocycles. The molecule has 1 N–H and O–H groups in total. The van der Waals surface area contributed by atoms with E-state index in [2.05, 4.69) is 0 Å². The van der Waals surface area contributed by atoms with Crippen LogP contribution in [0.4, 0.5) is 0 Å². The van der Waals surface area contributed by atoms with Crippen LogP contribution in [0.5, 0.6) is 0 Å². The molecule has 2 unspecified atom stereocenters. The molecule has 0 rings (SSSR count). The maximum Gasteiger partial charge on any atom is 0.316 e. The summed E-state index contributed by atoms with van der Waals surface area (Å²) in [6.45, 7) is 0. The Bertz CT molecular complexity index is 127. The Morgan fingerprint density at radius 2 is 2.36 bits per heavy atom. The van der Waals surface area contributed by atoms with Crippen LogP contribution in [0.3, 0.4) is 0 Å². The fraction of sp³-hybridized carbons (Fsp3) is 0.833. The molecule has 0 aliphatic carbocycles. The molecule has 0 aromatic heterocycles. The molecule has 0 fully saturated rings. The molecule has 0 heterocycles. The molecule has 5 heteroatoms. The van der Waals surface area contributed by atoms with Crippen molar-refractivity contribution in [1.82, 2.24) is 0 Å². The first kappa shape index (κ1) is 11.1. The van der Waals surface area contributed by atoms with Crippen molar-refractivity contribution >= 4 is 28.9 Å². The van der Waals surface area contributed by atoms with Gasteiger partial charge in [-0.3, -0.25) is 4.79 Å². The van der Waals surface area contributed by atoms with Crippen LogP contribution in [0.1, 0.15) is 6.42 Å². The minimum Gasteiger partial charge on any atom is -0.617 e. The Labute approximate surface area is 73.7 Å². The number of carboxylic acid groups (broad SMARTS) is 1. The highest BCUT2D eigenvalue weighted by Gasteiger charge is 2.17. The normalized spacial score (nSPS) is 15.9. The molecule has 0 aromatic carbocycles. The second-order valence-corrected chi connectivity index (χ2v) is 4.72. The summed E-state index contributed by atoms with van der Waals surface area (Å²) in [5, 5.41) is 8.16. The first-order chi connectivity index (χ1) is 5.07. The predicted octanol–water partition coefficient (Wildman–Crippen LogP) is 0.571. The second-order valence-electron chi connectivity index (χ2n) is 2.13. The summed E-state index contributed by atoms with van der Waals surface area (Å²) < 4.78 is 10.6. The van der Waals surface area contributed by atoms with Gasteiger partial charge in [0.1, 0.15) is 11.0 Å². The molecule has 0 spiro atoms. The Balaban J connectivity index is 3.61. The van der Waals surface area contributed by atoms with E-state index in [1.165, 1.54) is 11.8 Å². The van der Waals surface area contributed by atoms with Crippen LogP contribution in [-0.4, -0.2) is 39.1 Å². The standard InChI is InChI=1S/C6H12O3S2/c1-10-5(6(7)8)3-4-11(2)9/h5H,3-4H2,1-2H3,(H,7,8). The molecule has 11 heavy (non-hydrogen) atoms. The summed E-state index contributed by atoms with van der Waals surface area (Å²) in [5.41, 5.74) is 0. The molecule has 0 radical (unpaired) electrons. The van der Waals surface area contributed by atoms with Gasteiger partial charge in [0.15, 0.2) is 0 Å². The third-order valence-electron chi connectivity index (χ3n) is 1.23. The highest BCUT2D eigenvalue weighted by atomic mass is 32.2. The van der Waals surface area contributed by atoms with E-state index >= 15 is 0 Å². The third-order valence-corrected chi connectivity index (χ3v) is 3.04. The molecule has 3 nitrogen and oxygen atoms in total. The number of carbonyl (C=O) groups is 1.